The van der Waals surface area contributed by atoms with Gasteiger partial charge in [-0.1, -0.05) is 11.6 Å². The summed E-state index contributed by atoms with van der Waals surface area (Å²) in [5.41, 5.74) is 4.14. The summed E-state index contributed by atoms with van der Waals surface area (Å²) >= 11 is 5.69. The zero-order chi connectivity index (χ0) is 22.1. The third kappa shape index (κ3) is 6.58. The first kappa shape index (κ1) is 21.8. The molecule has 3 aromatic rings. The number of nitrogens with one attached hydrogen (secondary N) is 2. The van der Waals surface area contributed by atoms with E-state index in [0.717, 1.165) is 5.56 Å². The number of ether oxygens (including phenoxy) is 3. The molecule has 10 heteroatoms. The van der Waals surface area contributed by atoms with E-state index in [1.54, 1.807) is 67.9 Å². The second-order valence-electron chi connectivity index (χ2n) is 6.09. The van der Waals surface area contributed by atoms with Gasteiger partial charge in [-0.2, -0.15) is 5.10 Å². The number of rotatable bonds is 9. The summed E-state index contributed by atoms with van der Waals surface area (Å²) in [6.07, 6.45) is 1.58. The fourth-order valence-corrected chi connectivity index (χ4v) is 2.55. The number of methoxy groups -OCH3 is 2. The highest BCUT2D eigenvalue weighted by Gasteiger charge is 2.09. The molecule has 0 aliphatic carbocycles. The summed E-state index contributed by atoms with van der Waals surface area (Å²) in [6.45, 7) is -0.174. The Balaban J connectivity index is 1.55. The highest BCUT2D eigenvalue weighted by Crippen LogP contribution is 2.27. The number of anilines is 2. The number of carbonyl (C=O) groups is 1. The zero-order valence-electron chi connectivity index (χ0n) is 16.8. The van der Waals surface area contributed by atoms with Crippen molar-refractivity contribution in [3.8, 4) is 17.2 Å². The lowest BCUT2D eigenvalue weighted by Gasteiger charge is -2.11. The standard InChI is InChI=1S/C21H20ClN5O4/c1-29-16-6-4-15(5-7-16)24-21(28)13-31-17-8-3-14(11-18(17)30-2)12-23-26-20-10-9-19(22)25-27-20/h3-12H,13H2,1-2H3,(H,24,28)(H,26,27)/b23-12-. The van der Waals surface area contributed by atoms with Gasteiger partial charge in [0.2, 0.25) is 0 Å². The minimum absolute atomic E-state index is 0.174. The first-order valence-corrected chi connectivity index (χ1v) is 9.48. The van der Waals surface area contributed by atoms with Crippen molar-refractivity contribution in [2.24, 2.45) is 5.10 Å². The minimum atomic E-state index is -0.300. The Morgan fingerprint density at radius 2 is 1.84 bits per heavy atom. The average Bonchev–Trinajstić information content (AvgIpc) is 2.80. The van der Waals surface area contributed by atoms with Crippen LogP contribution in [0.5, 0.6) is 17.2 Å². The van der Waals surface area contributed by atoms with Crippen LogP contribution in [-0.4, -0.2) is 43.1 Å². The molecular weight excluding hydrogens is 422 g/mol. The Morgan fingerprint density at radius 3 is 2.52 bits per heavy atom. The van der Waals surface area contributed by atoms with Crippen LogP contribution in [0.2, 0.25) is 5.15 Å². The molecule has 160 valence electrons. The number of carbonyl (C=O) groups excluding carboxylic acids is 1. The third-order valence-electron chi connectivity index (χ3n) is 3.94. The summed E-state index contributed by atoms with van der Waals surface area (Å²) < 4.78 is 16.0. The maximum Gasteiger partial charge on any atom is 0.262 e. The smallest absolute Gasteiger partial charge is 0.262 e. The van der Waals surface area contributed by atoms with E-state index >= 15 is 0 Å². The molecule has 0 unspecified atom stereocenters. The highest BCUT2D eigenvalue weighted by molar-refractivity contribution is 6.29. The topological polar surface area (TPSA) is 107 Å². The van der Waals surface area contributed by atoms with E-state index in [4.69, 9.17) is 25.8 Å². The number of halogens is 1. The van der Waals surface area contributed by atoms with Crippen molar-refractivity contribution in [2.75, 3.05) is 31.6 Å². The summed E-state index contributed by atoms with van der Waals surface area (Å²) in [7, 11) is 3.10. The van der Waals surface area contributed by atoms with Crippen LogP contribution < -0.4 is 25.0 Å². The summed E-state index contributed by atoms with van der Waals surface area (Å²) in [5, 5.41) is 14.7. The number of benzene rings is 2. The molecule has 2 aromatic carbocycles. The van der Waals surface area contributed by atoms with Gasteiger partial charge < -0.3 is 19.5 Å². The molecule has 0 saturated heterocycles. The van der Waals surface area contributed by atoms with Gasteiger partial charge in [0, 0.05) is 5.69 Å². The molecule has 1 heterocycles. The molecule has 0 radical (unpaired) electrons. The second kappa shape index (κ2) is 10.8. The molecule has 1 aromatic heterocycles. The first-order valence-electron chi connectivity index (χ1n) is 9.10. The fourth-order valence-electron chi connectivity index (χ4n) is 2.45. The zero-order valence-corrected chi connectivity index (χ0v) is 17.6. The quantitative estimate of drug-likeness (QED) is 0.386. The number of amides is 1. The lowest BCUT2D eigenvalue weighted by Crippen LogP contribution is -2.20. The van der Waals surface area contributed by atoms with Gasteiger partial charge in [-0.3, -0.25) is 10.2 Å². The van der Waals surface area contributed by atoms with Gasteiger partial charge in [-0.05, 0) is 60.2 Å². The lowest BCUT2D eigenvalue weighted by atomic mass is 10.2. The van der Waals surface area contributed by atoms with Gasteiger partial charge in [0.15, 0.2) is 29.1 Å². The van der Waals surface area contributed by atoms with Crippen LogP contribution in [0.3, 0.4) is 0 Å². The first-order chi connectivity index (χ1) is 15.1. The maximum atomic E-state index is 12.1. The number of hydrogen-bond donors (Lipinski definition) is 2. The van der Waals surface area contributed by atoms with Crippen molar-refractivity contribution in [3.63, 3.8) is 0 Å². The minimum Gasteiger partial charge on any atom is -0.497 e. The summed E-state index contributed by atoms with van der Waals surface area (Å²) in [4.78, 5) is 12.1. The van der Waals surface area contributed by atoms with E-state index in [1.165, 1.54) is 7.11 Å². The van der Waals surface area contributed by atoms with Crippen LogP contribution in [-0.2, 0) is 4.79 Å². The monoisotopic (exact) mass is 441 g/mol. The predicted octanol–water partition coefficient (Wildman–Crippen LogP) is 3.61. The van der Waals surface area contributed by atoms with Crippen molar-refractivity contribution in [1.29, 1.82) is 0 Å². The highest BCUT2D eigenvalue weighted by atomic mass is 35.5. The van der Waals surface area contributed by atoms with Crippen molar-refractivity contribution in [1.82, 2.24) is 10.2 Å². The Labute approximate surface area is 184 Å². The van der Waals surface area contributed by atoms with Crippen LogP contribution >= 0.6 is 11.6 Å². The molecule has 3 rings (SSSR count). The normalized spacial score (nSPS) is 10.5. The molecule has 0 spiro atoms. The molecule has 0 saturated carbocycles. The summed E-state index contributed by atoms with van der Waals surface area (Å²) in [5.74, 6) is 1.76. The van der Waals surface area contributed by atoms with Crippen molar-refractivity contribution >= 4 is 35.2 Å². The van der Waals surface area contributed by atoms with Gasteiger partial charge in [0.1, 0.15) is 5.75 Å². The van der Waals surface area contributed by atoms with E-state index in [9.17, 15) is 4.79 Å². The van der Waals surface area contributed by atoms with Gasteiger partial charge in [0.25, 0.3) is 5.91 Å². The average molecular weight is 442 g/mol. The van der Waals surface area contributed by atoms with Crippen LogP contribution in [0.4, 0.5) is 11.5 Å². The molecule has 0 atom stereocenters. The Bertz CT molecular complexity index is 1040. The Kier molecular flexibility index (Phi) is 7.61. The van der Waals surface area contributed by atoms with E-state index in [-0.39, 0.29) is 12.5 Å². The predicted molar refractivity (Wildman–Crippen MR) is 118 cm³/mol. The van der Waals surface area contributed by atoms with E-state index in [1.807, 2.05) is 0 Å². The van der Waals surface area contributed by atoms with Crippen molar-refractivity contribution < 1.29 is 19.0 Å². The van der Waals surface area contributed by atoms with Gasteiger partial charge in [-0.15, -0.1) is 10.2 Å². The van der Waals surface area contributed by atoms with Crippen LogP contribution in [0.1, 0.15) is 5.56 Å². The van der Waals surface area contributed by atoms with E-state index in [2.05, 4.69) is 26.0 Å². The molecule has 31 heavy (non-hydrogen) atoms. The maximum absolute atomic E-state index is 12.1. The molecule has 2 N–H and O–H groups in total. The van der Waals surface area contributed by atoms with Crippen molar-refractivity contribution in [2.45, 2.75) is 0 Å². The SMILES string of the molecule is COc1ccc(NC(=O)COc2ccc(/C=N\Nc3ccc(Cl)nn3)cc2OC)cc1. The van der Waals surface area contributed by atoms with Gasteiger partial charge >= 0.3 is 0 Å². The lowest BCUT2D eigenvalue weighted by molar-refractivity contribution is -0.118. The van der Waals surface area contributed by atoms with Crippen LogP contribution in [0.25, 0.3) is 0 Å². The number of aromatic nitrogens is 2. The fraction of sp³-hybridized carbons (Fsp3) is 0.143. The largest absolute Gasteiger partial charge is 0.497 e. The van der Waals surface area contributed by atoms with Crippen LogP contribution in [0.15, 0.2) is 59.7 Å². The number of hydrazone groups is 1. The van der Waals surface area contributed by atoms with Crippen molar-refractivity contribution in [3.05, 3.63) is 65.3 Å². The molecular formula is C21H20ClN5O4. The van der Waals surface area contributed by atoms with Gasteiger partial charge in [0.05, 0.1) is 20.4 Å². The molecule has 0 aliphatic rings. The number of nitrogens with zero attached hydrogens (tertiary/aromatic N) is 3. The number of hydrogen-bond acceptors (Lipinski definition) is 8. The molecule has 1 amide bonds. The molecule has 0 bridgehead atoms. The Morgan fingerprint density at radius 1 is 1.03 bits per heavy atom. The summed E-state index contributed by atoms with van der Waals surface area (Å²) in [6, 6.07) is 15.5. The van der Waals surface area contributed by atoms with E-state index in [0.29, 0.717) is 33.9 Å². The Hall–Kier alpha value is -3.85. The van der Waals surface area contributed by atoms with E-state index < -0.39 is 0 Å². The van der Waals surface area contributed by atoms with Gasteiger partial charge in [-0.25, -0.2) is 0 Å². The third-order valence-corrected chi connectivity index (χ3v) is 4.15. The second-order valence-corrected chi connectivity index (χ2v) is 6.47. The molecule has 0 aliphatic heterocycles. The van der Waals surface area contributed by atoms with Crippen LogP contribution in [0, 0.1) is 0 Å². The molecule has 9 nitrogen and oxygen atoms in total. The molecule has 0 fully saturated rings.